The molecule has 3 heteroatoms. The van der Waals surface area contributed by atoms with Gasteiger partial charge >= 0.3 is 0 Å². The monoisotopic (exact) mass is 236 g/mol. The molecule has 0 radical (unpaired) electrons. The van der Waals surface area contributed by atoms with E-state index in [4.69, 9.17) is 11.6 Å². The highest BCUT2D eigenvalue weighted by molar-refractivity contribution is 6.17. The van der Waals surface area contributed by atoms with Crippen LogP contribution in [0.1, 0.15) is 24.7 Å². The Bertz CT molecular complexity index is 488. The van der Waals surface area contributed by atoms with Gasteiger partial charge in [0, 0.05) is 18.8 Å². The minimum absolute atomic E-state index is 0.631. The smallest absolute Gasteiger partial charge is 0.111 e. The molecule has 0 unspecified atom stereocenters. The topological polar surface area (TPSA) is 17.8 Å². The maximum absolute atomic E-state index is 5.81. The summed E-state index contributed by atoms with van der Waals surface area (Å²) in [6.45, 7) is 5.30. The lowest BCUT2D eigenvalue weighted by Gasteiger charge is -2.06. The van der Waals surface area contributed by atoms with Crippen LogP contribution in [0.25, 0.3) is 11.0 Å². The highest BCUT2D eigenvalue weighted by Crippen LogP contribution is 2.18. The first kappa shape index (κ1) is 11.5. The van der Waals surface area contributed by atoms with Crippen LogP contribution in [0, 0.1) is 6.92 Å². The fourth-order valence-electron chi connectivity index (χ4n) is 2.04. The molecule has 2 aromatic rings. The zero-order valence-corrected chi connectivity index (χ0v) is 10.6. The number of halogens is 1. The average molecular weight is 237 g/mol. The van der Waals surface area contributed by atoms with Gasteiger partial charge in [-0.1, -0.05) is 13.0 Å². The zero-order chi connectivity index (χ0) is 11.5. The molecule has 0 aliphatic rings. The first-order valence-corrected chi connectivity index (χ1v) is 6.31. The highest BCUT2D eigenvalue weighted by atomic mass is 35.5. The van der Waals surface area contributed by atoms with Gasteiger partial charge in [0.15, 0.2) is 0 Å². The Labute approximate surface area is 101 Å². The maximum Gasteiger partial charge on any atom is 0.111 e. The van der Waals surface area contributed by atoms with Crippen molar-refractivity contribution < 1.29 is 0 Å². The second kappa shape index (κ2) is 4.88. The van der Waals surface area contributed by atoms with E-state index < -0.39 is 0 Å². The number of benzene rings is 1. The Morgan fingerprint density at radius 1 is 1.38 bits per heavy atom. The van der Waals surface area contributed by atoms with Gasteiger partial charge in [0.25, 0.3) is 0 Å². The molecular weight excluding hydrogens is 220 g/mol. The van der Waals surface area contributed by atoms with E-state index in [1.165, 1.54) is 11.1 Å². The van der Waals surface area contributed by atoms with Gasteiger partial charge in [-0.25, -0.2) is 4.98 Å². The lowest BCUT2D eigenvalue weighted by atomic mass is 10.2. The van der Waals surface area contributed by atoms with Crippen molar-refractivity contribution in [2.45, 2.75) is 33.2 Å². The third kappa shape index (κ3) is 2.07. The van der Waals surface area contributed by atoms with E-state index in [0.29, 0.717) is 5.88 Å². The van der Waals surface area contributed by atoms with Gasteiger partial charge in [-0.3, -0.25) is 0 Å². The number of alkyl halides is 1. The molecule has 0 atom stereocenters. The Morgan fingerprint density at radius 2 is 2.19 bits per heavy atom. The van der Waals surface area contributed by atoms with Crippen LogP contribution < -0.4 is 0 Å². The van der Waals surface area contributed by atoms with E-state index in [9.17, 15) is 0 Å². The summed E-state index contributed by atoms with van der Waals surface area (Å²) in [4.78, 5) is 4.66. The lowest BCUT2D eigenvalue weighted by molar-refractivity contribution is 0.660. The van der Waals surface area contributed by atoms with E-state index >= 15 is 0 Å². The molecule has 0 N–H and O–H groups in total. The molecule has 1 aromatic heterocycles. The fourth-order valence-corrected chi connectivity index (χ4v) is 2.21. The lowest BCUT2D eigenvalue weighted by Crippen LogP contribution is -2.03. The molecule has 1 aromatic carbocycles. The molecule has 2 rings (SSSR count). The maximum atomic E-state index is 5.81. The minimum atomic E-state index is 0.631. The van der Waals surface area contributed by atoms with Crippen molar-refractivity contribution in [2.24, 2.45) is 0 Å². The molecule has 0 spiro atoms. The van der Waals surface area contributed by atoms with Crippen molar-refractivity contribution in [1.82, 2.24) is 9.55 Å². The minimum Gasteiger partial charge on any atom is -0.328 e. The van der Waals surface area contributed by atoms with Gasteiger partial charge in [0.2, 0.25) is 0 Å². The van der Waals surface area contributed by atoms with E-state index in [-0.39, 0.29) is 0 Å². The van der Waals surface area contributed by atoms with Crippen LogP contribution in [0.15, 0.2) is 18.2 Å². The summed E-state index contributed by atoms with van der Waals surface area (Å²) < 4.78 is 2.29. The first-order valence-electron chi connectivity index (χ1n) is 5.78. The van der Waals surface area contributed by atoms with E-state index in [0.717, 1.165) is 30.7 Å². The fraction of sp³-hybridized carbons (Fsp3) is 0.462. The summed E-state index contributed by atoms with van der Waals surface area (Å²) in [6, 6.07) is 6.44. The molecule has 0 saturated carbocycles. The Hall–Kier alpha value is -1.02. The van der Waals surface area contributed by atoms with Crippen molar-refractivity contribution >= 4 is 22.6 Å². The van der Waals surface area contributed by atoms with Crippen molar-refractivity contribution in [1.29, 1.82) is 0 Å². The highest BCUT2D eigenvalue weighted by Gasteiger charge is 2.09. The van der Waals surface area contributed by atoms with Crippen LogP contribution in [0.4, 0.5) is 0 Å². The summed E-state index contributed by atoms with van der Waals surface area (Å²) in [6.07, 6.45) is 1.96. The molecule has 0 fully saturated rings. The largest absolute Gasteiger partial charge is 0.328 e. The zero-order valence-electron chi connectivity index (χ0n) is 9.83. The van der Waals surface area contributed by atoms with Crippen LogP contribution in [0.2, 0.25) is 0 Å². The molecule has 1 heterocycles. The second-order valence-electron chi connectivity index (χ2n) is 4.11. The van der Waals surface area contributed by atoms with Gasteiger partial charge in [-0.15, -0.1) is 11.6 Å². The number of imidazole rings is 1. The quantitative estimate of drug-likeness (QED) is 0.743. The normalized spacial score (nSPS) is 11.2. The number of fused-ring (bicyclic) bond motifs is 1. The van der Waals surface area contributed by atoms with Crippen molar-refractivity contribution in [3.8, 4) is 0 Å². The van der Waals surface area contributed by atoms with Gasteiger partial charge in [0.05, 0.1) is 11.0 Å². The summed E-state index contributed by atoms with van der Waals surface area (Å²) in [5, 5.41) is 0. The molecule has 0 aliphatic heterocycles. The third-order valence-electron chi connectivity index (χ3n) is 2.75. The summed E-state index contributed by atoms with van der Waals surface area (Å²) in [5.74, 6) is 1.74. The average Bonchev–Trinajstić information content (AvgIpc) is 2.57. The van der Waals surface area contributed by atoms with Crippen LogP contribution in [-0.4, -0.2) is 15.4 Å². The SMILES string of the molecule is CCCn1c(CCCl)nc2cc(C)ccc21. The Kier molecular flexibility index (Phi) is 3.49. The Morgan fingerprint density at radius 3 is 2.88 bits per heavy atom. The van der Waals surface area contributed by atoms with E-state index in [1.807, 2.05) is 0 Å². The number of hydrogen-bond acceptors (Lipinski definition) is 1. The number of aromatic nitrogens is 2. The van der Waals surface area contributed by atoms with Gasteiger partial charge in [-0.05, 0) is 31.0 Å². The molecule has 0 aliphatic carbocycles. The van der Waals surface area contributed by atoms with Crippen molar-refractivity contribution in [2.75, 3.05) is 5.88 Å². The molecule has 0 saturated heterocycles. The second-order valence-corrected chi connectivity index (χ2v) is 4.49. The molecule has 86 valence electrons. The first-order chi connectivity index (χ1) is 7.76. The summed E-state index contributed by atoms with van der Waals surface area (Å²) in [7, 11) is 0. The predicted octanol–water partition coefficient (Wildman–Crippen LogP) is 3.54. The van der Waals surface area contributed by atoms with Gasteiger partial charge in [0.1, 0.15) is 5.82 Å². The summed E-state index contributed by atoms with van der Waals surface area (Å²) >= 11 is 5.81. The molecule has 2 nitrogen and oxygen atoms in total. The molecule has 0 amide bonds. The number of nitrogens with zero attached hydrogens (tertiary/aromatic N) is 2. The van der Waals surface area contributed by atoms with Gasteiger partial charge < -0.3 is 4.57 Å². The van der Waals surface area contributed by atoms with Crippen LogP contribution in [-0.2, 0) is 13.0 Å². The third-order valence-corrected chi connectivity index (χ3v) is 2.94. The van der Waals surface area contributed by atoms with Crippen LogP contribution in [0.3, 0.4) is 0 Å². The number of hydrogen-bond donors (Lipinski definition) is 0. The molecule has 0 bridgehead atoms. The van der Waals surface area contributed by atoms with E-state index in [1.54, 1.807) is 0 Å². The standard InChI is InChI=1S/C13H17ClN2/c1-3-8-16-12-5-4-10(2)9-11(12)15-13(16)6-7-14/h4-5,9H,3,6-8H2,1-2H3. The van der Waals surface area contributed by atoms with Crippen molar-refractivity contribution in [3.05, 3.63) is 29.6 Å². The van der Waals surface area contributed by atoms with Crippen molar-refractivity contribution in [3.63, 3.8) is 0 Å². The van der Waals surface area contributed by atoms with Crippen LogP contribution >= 0.6 is 11.6 Å². The Balaban J connectivity index is 2.56. The molecular formula is C13H17ClN2. The predicted molar refractivity (Wildman–Crippen MR) is 69.2 cm³/mol. The molecule has 16 heavy (non-hydrogen) atoms. The van der Waals surface area contributed by atoms with Gasteiger partial charge in [-0.2, -0.15) is 0 Å². The summed E-state index contributed by atoms with van der Waals surface area (Å²) in [5.41, 5.74) is 3.58. The number of aryl methyl sites for hydroxylation is 3. The van der Waals surface area contributed by atoms with E-state index in [2.05, 4.69) is 41.6 Å². The number of rotatable bonds is 4. The van der Waals surface area contributed by atoms with Crippen LogP contribution in [0.5, 0.6) is 0 Å².